The second-order valence-corrected chi connectivity index (χ2v) is 4.54. The molecule has 0 amide bonds. The van der Waals surface area contributed by atoms with Crippen molar-refractivity contribution in [2.24, 2.45) is 5.92 Å². The first kappa shape index (κ1) is 10.9. The van der Waals surface area contributed by atoms with E-state index >= 15 is 0 Å². The summed E-state index contributed by atoms with van der Waals surface area (Å²) >= 11 is 0. The standard InChI is InChI=1S/C14H17NO/c1-9(2)11-7-6-10(3)14(16)13(11)12-5-4-8-15-12/h4-6,8,11,13,15H,1,7H2,2-3H3/t11-,13+/m0/s1. The summed E-state index contributed by atoms with van der Waals surface area (Å²) in [6, 6.07) is 3.92. The van der Waals surface area contributed by atoms with E-state index in [1.54, 1.807) is 0 Å². The summed E-state index contributed by atoms with van der Waals surface area (Å²) in [5.74, 6) is 0.383. The fourth-order valence-electron chi connectivity index (χ4n) is 2.35. The van der Waals surface area contributed by atoms with E-state index in [-0.39, 0.29) is 17.6 Å². The topological polar surface area (TPSA) is 32.9 Å². The molecule has 1 heterocycles. The van der Waals surface area contributed by atoms with E-state index in [2.05, 4.69) is 11.6 Å². The van der Waals surface area contributed by atoms with E-state index in [0.717, 1.165) is 23.3 Å². The molecule has 0 aromatic carbocycles. The first-order chi connectivity index (χ1) is 7.61. The van der Waals surface area contributed by atoms with Crippen LogP contribution in [0, 0.1) is 5.92 Å². The lowest BCUT2D eigenvalue weighted by Crippen LogP contribution is -2.27. The summed E-state index contributed by atoms with van der Waals surface area (Å²) < 4.78 is 0. The van der Waals surface area contributed by atoms with Crippen LogP contribution in [0.5, 0.6) is 0 Å². The zero-order valence-electron chi connectivity index (χ0n) is 9.79. The number of allylic oxidation sites excluding steroid dienone is 3. The average Bonchev–Trinajstić information content (AvgIpc) is 2.74. The van der Waals surface area contributed by atoms with E-state index < -0.39 is 0 Å². The summed E-state index contributed by atoms with van der Waals surface area (Å²) in [6.45, 7) is 7.90. The maximum atomic E-state index is 12.2. The third-order valence-corrected chi connectivity index (χ3v) is 3.34. The lowest BCUT2D eigenvalue weighted by molar-refractivity contribution is -0.118. The van der Waals surface area contributed by atoms with Crippen LogP contribution in [0.1, 0.15) is 31.9 Å². The molecule has 1 N–H and O–H groups in total. The summed E-state index contributed by atoms with van der Waals surface area (Å²) in [7, 11) is 0. The fourth-order valence-corrected chi connectivity index (χ4v) is 2.35. The number of aromatic amines is 1. The van der Waals surface area contributed by atoms with Crippen molar-refractivity contribution in [2.75, 3.05) is 0 Å². The number of rotatable bonds is 2. The van der Waals surface area contributed by atoms with Gasteiger partial charge >= 0.3 is 0 Å². The molecule has 1 aromatic rings. The van der Waals surface area contributed by atoms with Crippen LogP contribution in [0.4, 0.5) is 0 Å². The Morgan fingerprint density at radius 3 is 2.88 bits per heavy atom. The third-order valence-electron chi connectivity index (χ3n) is 3.34. The number of Topliss-reactive ketones (excluding diaryl/α,β-unsaturated/α-hetero) is 1. The fraction of sp³-hybridized carbons (Fsp3) is 0.357. The van der Waals surface area contributed by atoms with Crippen LogP contribution >= 0.6 is 0 Å². The van der Waals surface area contributed by atoms with Crippen LogP contribution in [-0.2, 0) is 4.79 Å². The minimum absolute atomic E-state index is 0.0718. The normalized spacial score (nSPS) is 25.4. The molecule has 2 atom stereocenters. The number of hydrogen-bond donors (Lipinski definition) is 1. The summed E-state index contributed by atoms with van der Waals surface area (Å²) in [5.41, 5.74) is 2.96. The summed E-state index contributed by atoms with van der Waals surface area (Å²) in [5, 5.41) is 0. The molecular weight excluding hydrogens is 198 g/mol. The molecule has 0 saturated heterocycles. The minimum Gasteiger partial charge on any atom is -0.364 e. The van der Waals surface area contributed by atoms with Gasteiger partial charge in [0.25, 0.3) is 0 Å². The lowest BCUT2D eigenvalue weighted by atomic mass is 9.74. The molecule has 0 unspecified atom stereocenters. The molecule has 0 spiro atoms. The molecule has 2 rings (SSSR count). The van der Waals surface area contributed by atoms with E-state index in [0.29, 0.717) is 0 Å². The van der Waals surface area contributed by atoms with Crippen LogP contribution in [0.3, 0.4) is 0 Å². The van der Waals surface area contributed by atoms with Crippen LogP contribution in [-0.4, -0.2) is 10.8 Å². The minimum atomic E-state index is -0.0718. The van der Waals surface area contributed by atoms with Gasteiger partial charge in [-0.2, -0.15) is 0 Å². The zero-order chi connectivity index (χ0) is 11.7. The van der Waals surface area contributed by atoms with Crippen molar-refractivity contribution in [3.8, 4) is 0 Å². The van der Waals surface area contributed by atoms with Crippen molar-refractivity contribution in [2.45, 2.75) is 26.2 Å². The van der Waals surface area contributed by atoms with Crippen LogP contribution in [0.2, 0.25) is 0 Å². The highest BCUT2D eigenvalue weighted by Crippen LogP contribution is 2.37. The second-order valence-electron chi connectivity index (χ2n) is 4.54. The van der Waals surface area contributed by atoms with Gasteiger partial charge in [-0.1, -0.05) is 18.2 Å². The summed E-state index contributed by atoms with van der Waals surface area (Å²) in [4.78, 5) is 15.4. The number of carbonyl (C=O) groups is 1. The van der Waals surface area contributed by atoms with Crippen molar-refractivity contribution < 1.29 is 4.79 Å². The van der Waals surface area contributed by atoms with Gasteiger partial charge in [-0.3, -0.25) is 4.79 Å². The van der Waals surface area contributed by atoms with Gasteiger partial charge in [0.05, 0.1) is 5.92 Å². The molecule has 2 heteroatoms. The van der Waals surface area contributed by atoms with E-state index in [9.17, 15) is 4.79 Å². The van der Waals surface area contributed by atoms with E-state index in [4.69, 9.17) is 0 Å². The number of carbonyl (C=O) groups excluding carboxylic acids is 1. The smallest absolute Gasteiger partial charge is 0.167 e. The predicted octanol–water partition coefficient (Wildman–Crippen LogP) is 3.21. The first-order valence-electron chi connectivity index (χ1n) is 5.61. The second kappa shape index (κ2) is 4.12. The van der Waals surface area contributed by atoms with Gasteiger partial charge < -0.3 is 4.98 Å². The predicted molar refractivity (Wildman–Crippen MR) is 65.2 cm³/mol. The summed E-state index contributed by atoms with van der Waals surface area (Å²) in [6.07, 6.45) is 4.81. The molecular formula is C14H17NO. The maximum Gasteiger partial charge on any atom is 0.167 e. The number of H-pyrrole nitrogens is 1. The highest BCUT2D eigenvalue weighted by Gasteiger charge is 2.34. The molecule has 0 radical (unpaired) electrons. The molecule has 1 aromatic heterocycles. The number of ketones is 1. The SMILES string of the molecule is C=C(C)[C@@H]1CC=C(C)C(=O)[C@H]1c1ccc[nH]1. The Balaban J connectivity index is 2.41. The van der Waals surface area contributed by atoms with E-state index in [1.165, 1.54) is 0 Å². The van der Waals surface area contributed by atoms with Crippen LogP contribution < -0.4 is 0 Å². The largest absolute Gasteiger partial charge is 0.364 e. The first-order valence-corrected chi connectivity index (χ1v) is 5.61. The van der Waals surface area contributed by atoms with Crippen molar-refractivity contribution >= 4 is 5.78 Å². The van der Waals surface area contributed by atoms with Crippen molar-refractivity contribution in [3.05, 3.63) is 47.8 Å². The Morgan fingerprint density at radius 1 is 1.56 bits per heavy atom. The van der Waals surface area contributed by atoms with Crippen LogP contribution in [0.15, 0.2) is 42.1 Å². The van der Waals surface area contributed by atoms with Gasteiger partial charge in [-0.15, -0.1) is 0 Å². The quantitative estimate of drug-likeness (QED) is 0.755. The lowest BCUT2D eigenvalue weighted by Gasteiger charge is -2.29. The Morgan fingerprint density at radius 2 is 2.31 bits per heavy atom. The van der Waals surface area contributed by atoms with Crippen molar-refractivity contribution in [1.29, 1.82) is 0 Å². The van der Waals surface area contributed by atoms with Gasteiger partial charge in [0.1, 0.15) is 0 Å². The van der Waals surface area contributed by atoms with Gasteiger partial charge in [0, 0.05) is 11.9 Å². The zero-order valence-corrected chi connectivity index (χ0v) is 9.79. The van der Waals surface area contributed by atoms with E-state index in [1.807, 2.05) is 38.3 Å². The van der Waals surface area contributed by atoms with Crippen LogP contribution in [0.25, 0.3) is 0 Å². The highest BCUT2D eigenvalue weighted by molar-refractivity contribution is 6.01. The Bertz CT molecular complexity index is 439. The Labute approximate surface area is 96.1 Å². The van der Waals surface area contributed by atoms with Crippen molar-refractivity contribution in [1.82, 2.24) is 4.98 Å². The molecule has 0 bridgehead atoms. The molecule has 84 valence electrons. The Kier molecular flexibility index (Phi) is 2.82. The molecule has 0 fully saturated rings. The van der Waals surface area contributed by atoms with Gasteiger partial charge in [-0.25, -0.2) is 0 Å². The highest BCUT2D eigenvalue weighted by atomic mass is 16.1. The molecule has 0 aliphatic heterocycles. The number of aromatic nitrogens is 1. The van der Waals surface area contributed by atoms with Gasteiger partial charge in [-0.05, 0) is 43.9 Å². The molecule has 0 saturated carbocycles. The van der Waals surface area contributed by atoms with Gasteiger partial charge in [0.2, 0.25) is 0 Å². The molecule has 16 heavy (non-hydrogen) atoms. The Hall–Kier alpha value is -1.57. The molecule has 2 nitrogen and oxygen atoms in total. The monoisotopic (exact) mass is 215 g/mol. The number of hydrogen-bond acceptors (Lipinski definition) is 1. The maximum absolute atomic E-state index is 12.2. The average molecular weight is 215 g/mol. The number of nitrogens with one attached hydrogen (secondary N) is 1. The van der Waals surface area contributed by atoms with Gasteiger partial charge in [0.15, 0.2) is 5.78 Å². The van der Waals surface area contributed by atoms with Crippen molar-refractivity contribution in [3.63, 3.8) is 0 Å². The molecule has 1 aliphatic carbocycles. The third kappa shape index (κ3) is 1.75. The molecule has 1 aliphatic rings.